The summed E-state index contributed by atoms with van der Waals surface area (Å²) in [6.07, 6.45) is 9.06. The van der Waals surface area contributed by atoms with Gasteiger partial charge in [-0.05, 0) is 61.7 Å². The molecule has 0 radical (unpaired) electrons. The standard InChI is InChI=1S/C26H25N5O3/c1-2-3-9-24(32)30-18-14-19(15-18)31-25-23(16-29-31)27-17-28-26(25)34-22-12-10-21(11-13-22)33-20-7-5-4-6-8-20/h3-13,16-19H,2,14-15H2,1H3,(H,30,32)/b9-3+. The predicted molar refractivity (Wildman–Crippen MR) is 128 cm³/mol. The van der Waals surface area contributed by atoms with Gasteiger partial charge in [0, 0.05) is 6.04 Å². The van der Waals surface area contributed by atoms with Crippen molar-refractivity contribution in [1.82, 2.24) is 25.1 Å². The Morgan fingerprint density at radius 1 is 1.03 bits per heavy atom. The van der Waals surface area contributed by atoms with Gasteiger partial charge in [0.15, 0.2) is 0 Å². The van der Waals surface area contributed by atoms with E-state index in [0.29, 0.717) is 22.9 Å². The van der Waals surface area contributed by atoms with Crippen LogP contribution < -0.4 is 14.8 Å². The van der Waals surface area contributed by atoms with Crippen molar-refractivity contribution in [3.8, 4) is 23.1 Å². The highest BCUT2D eigenvalue weighted by atomic mass is 16.5. The number of aromatic nitrogens is 4. The molecule has 172 valence electrons. The Morgan fingerprint density at radius 2 is 1.74 bits per heavy atom. The molecule has 2 aromatic carbocycles. The maximum atomic E-state index is 11.9. The summed E-state index contributed by atoms with van der Waals surface area (Å²) in [6, 6.07) is 17.3. The maximum Gasteiger partial charge on any atom is 0.248 e. The Kier molecular flexibility index (Phi) is 6.20. The number of rotatable bonds is 8. The van der Waals surface area contributed by atoms with Crippen molar-refractivity contribution >= 4 is 16.9 Å². The van der Waals surface area contributed by atoms with E-state index in [9.17, 15) is 4.79 Å². The molecule has 0 unspecified atom stereocenters. The van der Waals surface area contributed by atoms with Gasteiger partial charge in [0.1, 0.15) is 34.6 Å². The van der Waals surface area contributed by atoms with E-state index < -0.39 is 0 Å². The van der Waals surface area contributed by atoms with Crippen molar-refractivity contribution in [2.75, 3.05) is 0 Å². The smallest absolute Gasteiger partial charge is 0.248 e. The lowest BCUT2D eigenvalue weighted by Gasteiger charge is -2.36. The molecule has 1 aliphatic rings. The first-order valence-corrected chi connectivity index (χ1v) is 11.4. The van der Waals surface area contributed by atoms with E-state index in [0.717, 1.165) is 30.5 Å². The molecule has 8 nitrogen and oxygen atoms in total. The summed E-state index contributed by atoms with van der Waals surface area (Å²) in [5, 5.41) is 7.56. The number of benzene rings is 2. The molecule has 5 rings (SSSR count). The van der Waals surface area contributed by atoms with Gasteiger partial charge in [-0.25, -0.2) is 4.98 Å². The summed E-state index contributed by atoms with van der Waals surface area (Å²) < 4.78 is 13.9. The lowest BCUT2D eigenvalue weighted by Crippen LogP contribution is -2.44. The van der Waals surface area contributed by atoms with Crippen LogP contribution in [0.15, 0.2) is 79.3 Å². The quantitative estimate of drug-likeness (QED) is 0.367. The number of carbonyl (C=O) groups is 1. The van der Waals surface area contributed by atoms with Crippen molar-refractivity contribution < 1.29 is 14.3 Å². The van der Waals surface area contributed by atoms with Crippen LogP contribution >= 0.6 is 0 Å². The Bertz CT molecular complexity index is 1300. The molecule has 0 atom stereocenters. The number of hydrogen-bond donors (Lipinski definition) is 1. The number of hydrogen-bond acceptors (Lipinski definition) is 6. The zero-order valence-electron chi connectivity index (χ0n) is 18.8. The molecule has 1 amide bonds. The molecule has 1 aliphatic carbocycles. The highest BCUT2D eigenvalue weighted by molar-refractivity contribution is 5.87. The minimum atomic E-state index is -0.0531. The molecule has 4 aromatic rings. The molecule has 2 heterocycles. The van der Waals surface area contributed by atoms with Gasteiger partial charge < -0.3 is 14.8 Å². The Balaban J connectivity index is 1.28. The number of para-hydroxylation sites is 1. The summed E-state index contributed by atoms with van der Waals surface area (Å²) in [6.45, 7) is 2.00. The zero-order valence-corrected chi connectivity index (χ0v) is 18.8. The molecule has 0 aliphatic heterocycles. The van der Waals surface area contributed by atoms with Crippen molar-refractivity contribution in [2.24, 2.45) is 0 Å². The van der Waals surface area contributed by atoms with Gasteiger partial charge in [0.25, 0.3) is 0 Å². The van der Waals surface area contributed by atoms with Crippen LogP contribution in [0, 0.1) is 0 Å². The third kappa shape index (κ3) is 4.76. The minimum absolute atomic E-state index is 0.0531. The fraction of sp³-hybridized carbons (Fsp3) is 0.231. The number of fused-ring (bicyclic) bond motifs is 1. The van der Waals surface area contributed by atoms with Crippen LogP contribution in [0.5, 0.6) is 23.1 Å². The van der Waals surface area contributed by atoms with Crippen LogP contribution in [-0.4, -0.2) is 31.7 Å². The van der Waals surface area contributed by atoms with Crippen LogP contribution in [0.1, 0.15) is 32.2 Å². The van der Waals surface area contributed by atoms with Crippen LogP contribution in [0.3, 0.4) is 0 Å². The predicted octanol–water partition coefficient (Wildman–Crippen LogP) is 5.20. The van der Waals surface area contributed by atoms with Crippen LogP contribution in [-0.2, 0) is 4.79 Å². The molecule has 2 aromatic heterocycles. The molecule has 8 heteroatoms. The van der Waals surface area contributed by atoms with E-state index in [1.807, 2.05) is 72.3 Å². The van der Waals surface area contributed by atoms with Gasteiger partial charge in [-0.3, -0.25) is 9.48 Å². The number of nitrogens with zero attached hydrogens (tertiary/aromatic N) is 4. The zero-order chi connectivity index (χ0) is 23.3. The number of amides is 1. The van der Waals surface area contributed by atoms with E-state index in [-0.39, 0.29) is 18.0 Å². The molecular formula is C26H25N5O3. The lowest BCUT2D eigenvalue weighted by molar-refractivity contribution is -0.118. The molecule has 0 spiro atoms. The van der Waals surface area contributed by atoms with Crippen LogP contribution in [0.25, 0.3) is 11.0 Å². The molecule has 0 bridgehead atoms. The first-order valence-electron chi connectivity index (χ1n) is 11.4. The van der Waals surface area contributed by atoms with Gasteiger partial charge >= 0.3 is 0 Å². The van der Waals surface area contributed by atoms with Crippen molar-refractivity contribution in [3.63, 3.8) is 0 Å². The summed E-state index contributed by atoms with van der Waals surface area (Å²) >= 11 is 0. The summed E-state index contributed by atoms with van der Waals surface area (Å²) in [5.74, 6) is 2.51. The highest BCUT2D eigenvalue weighted by Crippen LogP contribution is 2.37. The average molecular weight is 456 g/mol. The highest BCUT2D eigenvalue weighted by Gasteiger charge is 2.33. The minimum Gasteiger partial charge on any atom is -0.457 e. The average Bonchev–Trinajstić information content (AvgIpc) is 3.26. The van der Waals surface area contributed by atoms with E-state index in [1.165, 1.54) is 6.33 Å². The van der Waals surface area contributed by atoms with Crippen molar-refractivity contribution in [1.29, 1.82) is 0 Å². The molecule has 34 heavy (non-hydrogen) atoms. The van der Waals surface area contributed by atoms with Crippen LogP contribution in [0.4, 0.5) is 0 Å². The van der Waals surface area contributed by atoms with E-state index in [2.05, 4.69) is 20.4 Å². The van der Waals surface area contributed by atoms with E-state index >= 15 is 0 Å². The normalized spacial score (nSPS) is 17.4. The van der Waals surface area contributed by atoms with Gasteiger partial charge in [-0.2, -0.15) is 10.1 Å². The third-order valence-electron chi connectivity index (χ3n) is 5.68. The lowest BCUT2D eigenvalue weighted by atomic mass is 9.86. The van der Waals surface area contributed by atoms with Gasteiger partial charge in [-0.15, -0.1) is 0 Å². The van der Waals surface area contributed by atoms with E-state index in [4.69, 9.17) is 9.47 Å². The monoisotopic (exact) mass is 455 g/mol. The van der Waals surface area contributed by atoms with Gasteiger partial charge in [-0.1, -0.05) is 31.2 Å². The molecule has 1 saturated carbocycles. The Labute approximate surface area is 197 Å². The second kappa shape index (κ2) is 9.74. The largest absolute Gasteiger partial charge is 0.457 e. The summed E-state index contributed by atoms with van der Waals surface area (Å²) in [5.41, 5.74) is 1.46. The number of ether oxygens (including phenoxy) is 2. The Hall–Kier alpha value is -4.20. The molecule has 1 fully saturated rings. The number of carbonyl (C=O) groups excluding carboxylic acids is 1. The summed E-state index contributed by atoms with van der Waals surface area (Å²) in [4.78, 5) is 20.6. The van der Waals surface area contributed by atoms with E-state index in [1.54, 1.807) is 12.3 Å². The Morgan fingerprint density at radius 3 is 2.47 bits per heavy atom. The van der Waals surface area contributed by atoms with Crippen LogP contribution in [0.2, 0.25) is 0 Å². The topological polar surface area (TPSA) is 91.2 Å². The molecule has 1 N–H and O–H groups in total. The molecule has 0 saturated heterocycles. The SMILES string of the molecule is CC/C=C/C(=O)NC1CC(n2ncc3ncnc(Oc4ccc(Oc5ccccc5)cc4)c32)C1. The first kappa shape index (κ1) is 21.6. The first-order chi connectivity index (χ1) is 16.7. The van der Waals surface area contributed by atoms with Gasteiger partial charge in [0.2, 0.25) is 11.8 Å². The fourth-order valence-electron chi connectivity index (χ4n) is 3.90. The second-order valence-corrected chi connectivity index (χ2v) is 8.13. The maximum absolute atomic E-state index is 11.9. The van der Waals surface area contributed by atoms with Crippen molar-refractivity contribution in [2.45, 2.75) is 38.3 Å². The molecular weight excluding hydrogens is 430 g/mol. The number of nitrogens with one attached hydrogen (secondary N) is 1. The second-order valence-electron chi connectivity index (χ2n) is 8.13. The van der Waals surface area contributed by atoms with Crippen molar-refractivity contribution in [3.05, 3.63) is 79.3 Å². The van der Waals surface area contributed by atoms with Gasteiger partial charge in [0.05, 0.1) is 12.2 Å². The summed E-state index contributed by atoms with van der Waals surface area (Å²) in [7, 11) is 0. The fourth-order valence-corrected chi connectivity index (χ4v) is 3.90. The third-order valence-corrected chi connectivity index (χ3v) is 5.68. The number of allylic oxidation sites excluding steroid dienone is 1.